The number of nitrogens with zero attached hydrogens (tertiary/aromatic N) is 6. The summed E-state index contributed by atoms with van der Waals surface area (Å²) in [6.07, 6.45) is 4.45. The Morgan fingerprint density at radius 3 is 2.66 bits per heavy atom. The van der Waals surface area contributed by atoms with Gasteiger partial charge in [0.25, 0.3) is 5.95 Å². The van der Waals surface area contributed by atoms with Crippen molar-refractivity contribution in [2.45, 2.75) is 19.9 Å². The monoisotopic (exact) mass is 462 g/mol. The van der Waals surface area contributed by atoms with E-state index >= 15 is 0 Å². The van der Waals surface area contributed by atoms with Gasteiger partial charge in [0, 0.05) is 6.20 Å². The number of carbonyl (C=O) groups excluding carboxylic acids is 1. The third-order valence-electron chi connectivity index (χ3n) is 4.65. The van der Waals surface area contributed by atoms with E-state index in [0.717, 1.165) is 12.1 Å². The molecule has 0 N–H and O–H groups in total. The topological polar surface area (TPSA) is 97.0 Å². The molecule has 0 unspecified atom stereocenters. The lowest BCUT2D eigenvalue weighted by Crippen LogP contribution is -2.08. The third-order valence-corrected chi connectivity index (χ3v) is 4.65. The van der Waals surface area contributed by atoms with Crippen molar-refractivity contribution in [3.63, 3.8) is 0 Å². The van der Waals surface area contributed by atoms with Crippen molar-refractivity contribution in [2.75, 3.05) is 13.7 Å². The average Bonchev–Trinajstić information content (AvgIpc) is 3.42. The predicted molar refractivity (Wildman–Crippen MR) is 116 cm³/mol. The molecule has 0 saturated carbocycles. The molecule has 0 aliphatic rings. The molecule has 9 nitrogen and oxygen atoms in total. The van der Waals surface area contributed by atoms with Crippen LogP contribution in [-0.2, 0) is 4.74 Å². The Kier molecular flexibility index (Phi) is 6.72. The quantitative estimate of drug-likeness (QED) is 0.406. The van der Waals surface area contributed by atoms with E-state index in [1.807, 2.05) is 0 Å². The van der Waals surface area contributed by atoms with Crippen LogP contribution in [0.1, 0.15) is 35.8 Å². The van der Waals surface area contributed by atoms with Gasteiger partial charge in [-0.15, -0.1) is 0 Å². The number of esters is 1. The summed E-state index contributed by atoms with van der Waals surface area (Å²) in [5.74, 6) is -1.99. The fraction of sp³-hybridized carbons (Fsp3) is 0.250. The molecule has 0 amide bonds. The van der Waals surface area contributed by atoms with Gasteiger partial charge in [0.2, 0.25) is 5.88 Å². The van der Waals surface area contributed by atoms with Crippen LogP contribution in [0.25, 0.3) is 17.0 Å². The Bertz CT molecular complexity index is 1280. The van der Waals surface area contributed by atoms with Gasteiger partial charge in [-0.3, -0.25) is 4.68 Å². The maximum absolute atomic E-state index is 13.6. The summed E-state index contributed by atoms with van der Waals surface area (Å²) in [7, 11) is 1.44. The van der Waals surface area contributed by atoms with Gasteiger partial charge in [0.1, 0.15) is 5.52 Å². The van der Waals surface area contributed by atoms with E-state index in [2.05, 4.69) is 20.2 Å². The van der Waals surface area contributed by atoms with Gasteiger partial charge in [-0.1, -0.05) is 6.07 Å². The van der Waals surface area contributed by atoms with Gasteiger partial charge >= 0.3 is 5.97 Å². The average molecular weight is 462 g/mol. The van der Waals surface area contributed by atoms with Gasteiger partial charge in [0.15, 0.2) is 17.2 Å². The summed E-state index contributed by atoms with van der Waals surface area (Å²) in [5.41, 5.74) is 1.63. The first-order chi connectivity index (χ1) is 14.9. The van der Waals surface area contributed by atoms with E-state index in [9.17, 15) is 13.6 Å². The highest BCUT2D eigenvalue weighted by molar-refractivity contribution is 7.59. The molecule has 0 radical (unpaired) electrons. The molecule has 0 saturated heterocycles. The van der Waals surface area contributed by atoms with E-state index in [1.54, 1.807) is 24.7 Å². The third kappa shape index (κ3) is 4.26. The number of halogens is 2. The van der Waals surface area contributed by atoms with Crippen LogP contribution in [0.2, 0.25) is 0 Å². The van der Waals surface area contributed by atoms with Crippen molar-refractivity contribution in [1.82, 2.24) is 29.5 Å². The molecule has 32 heavy (non-hydrogen) atoms. The molecule has 3 aromatic heterocycles. The minimum Gasteiger partial charge on any atom is -0.479 e. The van der Waals surface area contributed by atoms with Crippen molar-refractivity contribution in [3.8, 4) is 11.8 Å². The lowest BCUT2D eigenvalue weighted by Gasteiger charge is -2.12. The second-order valence-electron chi connectivity index (χ2n) is 6.62. The zero-order chi connectivity index (χ0) is 22.1. The highest BCUT2D eigenvalue weighted by atomic mass is 32.1. The second-order valence-corrected chi connectivity index (χ2v) is 6.62. The van der Waals surface area contributed by atoms with Crippen molar-refractivity contribution >= 4 is 30.5 Å². The number of fused-ring (bicyclic) bond motifs is 1. The fourth-order valence-electron chi connectivity index (χ4n) is 3.01. The molecule has 12 heteroatoms. The summed E-state index contributed by atoms with van der Waals surface area (Å²) in [5, 5.41) is 8.56. The van der Waals surface area contributed by atoms with Crippen molar-refractivity contribution in [1.29, 1.82) is 0 Å². The number of rotatable bonds is 6. The largest absolute Gasteiger partial charge is 0.479 e. The predicted octanol–water partition coefficient (Wildman–Crippen LogP) is 3.20. The number of ether oxygens (including phenoxy) is 2. The maximum Gasteiger partial charge on any atom is 0.341 e. The summed E-state index contributed by atoms with van der Waals surface area (Å²) in [4.78, 5) is 20.6. The minimum atomic E-state index is -0.934. The highest BCUT2D eigenvalue weighted by Crippen LogP contribution is 2.26. The standard InChI is InChI=1S/C20H18F2N6O3.H2S/c1-4-31-19(29)13-8-23-28(9-13)20-24-16-10-27(26-17(16)18(25-20)30-3)11(2)12-5-6-14(21)15(22)7-12;/h5-11H,4H2,1-3H3;1H2/t11-;/m0./s1. The Hall–Kier alpha value is -3.54. The van der Waals surface area contributed by atoms with E-state index in [0.29, 0.717) is 16.6 Å². The first-order valence-electron chi connectivity index (χ1n) is 9.39. The molecule has 0 bridgehead atoms. The number of methoxy groups -OCH3 is 1. The molecule has 0 fully saturated rings. The van der Waals surface area contributed by atoms with Crippen LogP contribution >= 0.6 is 13.5 Å². The number of benzene rings is 1. The smallest absolute Gasteiger partial charge is 0.341 e. The molecule has 0 aliphatic heterocycles. The first kappa shape index (κ1) is 23.1. The van der Waals surface area contributed by atoms with Crippen LogP contribution in [0.3, 0.4) is 0 Å². The number of carbonyl (C=O) groups is 1. The molecule has 0 spiro atoms. The Morgan fingerprint density at radius 2 is 1.97 bits per heavy atom. The number of hydrogen-bond donors (Lipinski definition) is 0. The fourth-order valence-corrected chi connectivity index (χ4v) is 3.01. The van der Waals surface area contributed by atoms with Gasteiger partial charge in [-0.25, -0.2) is 23.2 Å². The molecular formula is C20H20F2N6O3S. The SMILES string of the molecule is CCOC(=O)c1cnn(-c2nc(OC)c3nn([C@@H](C)c4ccc(F)c(F)c4)cc3n2)c1.S. The Balaban J connectivity index is 0.00000289. The summed E-state index contributed by atoms with van der Waals surface area (Å²) in [6, 6.07) is 3.28. The minimum absolute atomic E-state index is 0. The maximum atomic E-state index is 13.6. The number of hydrogen-bond acceptors (Lipinski definition) is 7. The van der Waals surface area contributed by atoms with Gasteiger partial charge in [-0.05, 0) is 31.5 Å². The first-order valence-corrected chi connectivity index (χ1v) is 9.39. The lowest BCUT2D eigenvalue weighted by atomic mass is 10.1. The van der Waals surface area contributed by atoms with Gasteiger partial charge in [0.05, 0.1) is 37.7 Å². The van der Waals surface area contributed by atoms with Gasteiger partial charge < -0.3 is 9.47 Å². The Morgan fingerprint density at radius 1 is 1.19 bits per heavy atom. The van der Waals surface area contributed by atoms with Crippen molar-refractivity contribution < 1.29 is 23.0 Å². The van der Waals surface area contributed by atoms with Gasteiger partial charge in [-0.2, -0.15) is 28.7 Å². The summed E-state index contributed by atoms with van der Waals surface area (Å²) >= 11 is 0. The van der Waals surface area contributed by atoms with E-state index in [-0.39, 0.29) is 37.5 Å². The summed E-state index contributed by atoms with van der Waals surface area (Å²) in [6.45, 7) is 3.75. The van der Waals surface area contributed by atoms with Crippen LogP contribution < -0.4 is 4.74 Å². The van der Waals surface area contributed by atoms with Crippen LogP contribution in [0, 0.1) is 11.6 Å². The normalized spacial score (nSPS) is 11.8. The molecule has 1 aromatic carbocycles. The second kappa shape index (κ2) is 9.30. The molecule has 4 rings (SSSR count). The van der Waals surface area contributed by atoms with Crippen LogP contribution in [0.4, 0.5) is 8.78 Å². The molecule has 1 atom stereocenters. The molecule has 3 heterocycles. The zero-order valence-electron chi connectivity index (χ0n) is 17.4. The molecule has 168 valence electrons. The number of aromatic nitrogens is 6. The molecule has 4 aromatic rings. The van der Waals surface area contributed by atoms with E-state index in [4.69, 9.17) is 9.47 Å². The highest BCUT2D eigenvalue weighted by Gasteiger charge is 2.19. The summed E-state index contributed by atoms with van der Waals surface area (Å²) < 4.78 is 40.1. The zero-order valence-corrected chi connectivity index (χ0v) is 18.4. The molecular weight excluding hydrogens is 442 g/mol. The van der Waals surface area contributed by atoms with E-state index < -0.39 is 23.6 Å². The van der Waals surface area contributed by atoms with Crippen LogP contribution in [0.5, 0.6) is 5.88 Å². The van der Waals surface area contributed by atoms with Crippen LogP contribution in [-0.4, -0.2) is 49.2 Å². The van der Waals surface area contributed by atoms with Crippen molar-refractivity contribution in [3.05, 3.63) is 59.6 Å². The van der Waals surface area contributed by atoms with Crippen molar-refractivity contribution in [2.24, 2.45) is 0 Å². The lowest BCUT2D eigenvalue weighted by molar-refractivity contribution is 0.0526. The molecule has 0 aliphatic carbocycles. The Labute approximate surface area is 188 Å². The van der Waals surface area contributed by atoms with E-state index in [1.165, 1.54) is 30.3 Å². The van der Waals surface area contributed by atoms with Crippen LogP contribution in [0.15, 0.2) is 36.8 Å².